The van der Waals surface area contributed by atoms with Gasteiger partial charge in [0.25, 0.3) is 5.69 Å². The predicted octanol–water partition coefficient (Wildman–Crippen LogP) is 2.98. The van der Waals surface area contributed by atoms with Crippen LogP contribution in [-0.2, 0) is 11.3 Å². The van der Waals surface area contributed by atoms with Crippen molar-refractivity contribution in [3.05, 3.63) is 76.7 Å². The Morgan fingerprint density at radius 1 is 1.12 bits per heavy atom. The summed E-state index contributed by atoms with van der Waals surface area (Å²) in [6, 6.07) is 15.2. The number of nitrogens with zero attached hydrogens (tertiary/aromatic N) is 2. The summed E-state index contributed by atoms with van der Waals surface area (Å²) in [5.41, 5.74) is 0.783. The lowest BCUT2D eigenvalue weighted by Crippen LogP contribution is -2.29. The van der Waals surface area contributed by atoms with Crippen LogP contribution in [0.15, 0.2) is 65.3 Å². The Morgan fingerprint density at radius 2 is 1.92 bits per heavy atom. The maximum atomic E-state index is 11.9. The normalized spacial score (nSPS) is 10.3. The highest BCUT2D eigenvalue weighted by molar-refractivity contribution is 5.80. The fourth-order valence-electron chi connectivity index (χ4n) is 2.34. The largest absolute Gasteiger partial charge is 0.467 e. The number of carbonyl (C=O) groups is 1. The van der Waals surface area contributed by atoms with E-state index in [-0.39, 0.29) is 30.4 Å². The molecule has 0 saturated carbocycles. The third-order valence-electron chi connectivity index (χ3n) is 3.59. The second kappa shape index (κ2) is 7.93. The highest BCUT2D eigenvalue weighted by atomic mass is 16.6. The topological polar surface area (TPSA) is 110 Å². The molecule has 2 heterocycles. The van der Waals surface area contributed by atoms with E-state index in [1.807, 2.05) is 6.07 Å². The molecule has 0 saturated heterocycles. The molecule has 0 atom stereocenters. The van der Waals surface area contributed by atoms with Crippen LogP contribution < -0.4 is 10.6 Å². The molecule has 0 aliphatic heterocycles. The smallest absolute Gasteiger partial charge is 0.295 e. The van der Waals surface area contributed by atoms with Gasteiger partial charge in [0, 0.05) is 11.6 Å². The third-order valence-corrected chi connectivity index (χ3v) is 3.59. The van der Waals surface area contributed by atoms with Crippen LogP contribution in [0.4, 0.5) is 11.5 Å². The molecular weight excluding hydrogens is 336 g/mol. The number of nitro groups is 1. The Hall–Kier alpha value is -3.68. The van der Waals surface area contributed by atoms with E-state index in [2.05, 4.69) is 15.6 Å². The van der Waals surface area contributed by atoms with Gasteiger partial charge in [-0.05, 0) is 18.2 Å². The quantitative estimate of drug-likeness (QED) is 0.499. The van der Waals surface area contributed by atoms with E-state index in [1.54, 1.807) is 36.4 Å². The first-order valence-corrected chi connectivity index (χ1v) is 7.87. The molecule has 0 spiro atoms. The van der Waals surface area contributed by atoms with Gasteiger partial charge < -0.3 is 15.1 Å². The second-order valence-electron chi connectivity index (χ2n) is 5.40. The van der Waals surface area contributed by atoms with E-state index < -0.39 is 4.92 Å². The molecule has 2 aromatic heterocycles. The van der Waals surface area contributed by atoms with Crippen molar-refractivity contribution in [2.75, 3.05) is 11.9 Å². The molecule has 0 aliphatic rings. The van der Waals surface area contributed by atoms with Gasteiger partial charge in [-0.15, -0.1) is 0 Å². The van der Waals surface area contributed by atoms with Crippen molar-refractivity contribution in [1.29, 1.82) is 0 Å². The number of hydrogen-bond donors (Lipinski definition) is 2. The van der Waals surface area contributed by atoms with Crippen molar-refractivity contribution in [2.45, 2.75) is 6.54 Å². The minimum absolute atomic E-state index is 0.0141. The average Bonchev–Trinajstić information content (AvgIpc) is 3.18. The molecule has 132 valence electrons. The number of aromatic nitrogens is 1. The molecule has 0 fully saturated rings. The zero-order valence-electron chi connectivity index (χ0n) is 13.7. The van der Waals surface area contributed by atoms with E-state index in [0.717, 1.165) is 0 Å². The summed E-state index contributed by atoms with van der Waals surface area (Å²) in [6.07, 6.45) is 1.53. The minimum Gasteiger partial charge on any atom is -0.467 e. The fourth-order valence-corrected chi connectivity index (χ4v) is 2.34. The Labute approximate surface area is 149 Å². The van der Waals surface area contributed by atoms with Gasteiger partial charge in [0.15, 0.2) is 5.69 Å². The van der Waals surface area contributed by atoms with Crippen molar-refractivity contribution >= 4 is 17.4 Å². The van der Waals surface area contributed by atoms with Gasteiger partial charge in [-0.3, -0.25) is 14.9 Å². The first kappa shape index (κ1) is 17.2. The molecule has 0 aliphatic carbocycles. The summed E-state index contributed by atoms with van der Waals surface area (Å²) in [4.78, 5) is 27.0. The molecular formula is C18H16N4O4. The maximum absolute atomic E-state index is 11.9. The molecule has 0 unspecified atom stereocenters. The Balaban J connectivity index is 1.68. The predicted molar refractivity (Wildman–Crippen MR) is 95.4 cm³/mol. The van der Waals surface area contributed by atoms with Crippen molar-refractivity contribution in [3.63, 3.8) is 0 Å². The first-order chi connectivity index (χ1) is 12.6. The average molecular weight is 352 g/mol. The molecule has 8 nitrogen and oxygen atoms in total. The number of furan rings is 1. The van der Waals surface area contributed by atoms with Gasteiger partial charge in [-0.25, -0.2) is 4.98 Å². The lowest BCUT2D eigenvalue weighted by molar-refractivity contribution is -0.384. The van der Waals surface area contributed by atoms with Crippen LogP contribution in [0, 0.1) is 10.1 Å². The first-order valence-electron chi connectivity index (χ1n) is 7.87. The molecule has 1 aromatic carbocycles. The van der Waals surface area contributed by atoms with Crippen molar-refractivity contribution in [1.82, 2.24) is 10.3 Å². The third kappa shape index (κ3) is 4.23. The Bertz CT molecular complexity index is 895. The summed E-state index contributed by atoms with van der Waals surface area (Å²) >= 11 is 0. The molecule has 3 aromatic rings. The fraction of sp³-hybridized carbons (Fsp3) is 0.111. The summed E-state index contributed by atoms with van der Waals surface area (Å²) in [6.45, 7) is 0.274. The molecule has 0 bridgehead atoms. The zero-order chi connectivity index (χ0) is 18.4. The van der Waals surface area contributed by atoms with Crippen LogP contribution in [0.25, 0.3) is 11.3 Å². The van der Waals surface area contributed by atoms with Crippen molar-refractivity contribution in [3.8, 4) is 11.3 Å². The van der Waals surface area contributed by atoms with E-state index in [9.17, 15) is 14.9 Å². The SMILES string of the molecule is O=C(CNc1ccc([N+](=O)[O-])c(-c2ccccc2)n1)NCc1ccco1. The lowest BCUT2D eigenvalue weighted by Gasteiger charge is -2.08. The molecule has 8 heteroatoms. The van der Waals surface area contributed by atoms with Crippen LogP contribution in [0.3, 0.4) is 0 Å². The van der Waals surface area contributed by atoms with Gasteiger partial charge in [-0.2, -0.15) is 0 Å². The number of carbonyl (C=O) groups excluding carboxylic acids is 1. The molecule has 2 N–H and O–H groups in total. The highest BCUT2D eigenvalue weighted by Gasteiger charge is 2.17. The second-order valence-corrected chi connectivity index (χ2v) is 5.40. The Kier molecular flexibility index (Phi) is 5.23. The summed E-state index contributed by atoms with van der Waals surface area (Å²) in [5.74, 6) is 0.781. The van der Waals surface area contributed by atoms with Gasteiger partial charge >= 0.3 is 0 Å². The number of nitrogens with one attached hydrogen (secondary N) is 2. The maximum Gasteiger partial charge on any atom is 0.295 e. The molecule has 1 amide bonds. The zero-order valence-corrected chi connectivity index (χ0v) is 13.7. The minimum atomic E-state index is -0.477. The van der Waals surface area contributed by atoms with E-state index in [1.165, 1.54) is 18.4 Å². The van der Waals surface area contributed by atoms with Crippen LogP contribution in [0.2, 0.25) is 0 Å². The summed E-state index contributed by atoms with van der Waals surface area (Å²) < 4.78 is 5.14. The highest BCUT2D eigenvalue weighted by Crippen LogP contribution is 2.29. The van der Waals surface area contributed by atoms with E-state index in [0.29, 0.717) is 17.1 Å². The number of pyridine rings is 1. The monoisotopic (exact) mass is 352 g/mol. The van der Waals surface area contributed by atoms with Gasteiger partial charge in [-0.1, -0.05) is 30.3 Å². The van der Waals surface area contributed by atoms with Gasteiger partial charge in [0.05, 0.1) is 24.3 Å². The standard InChI is InChI=1S/C18H16N4O4/c23-17(20-11-14-7-4-10-26-14)12-19-16-9-8-15(22(24)25)18(21-16)13-5-2-1-3-6-13/h1-10H,11-12H2,(H,19,21)(H,20,23). The number of amides is 1. The lowest BCUT2D eigenvalue weighted by atomic mass is 10.1. The summed E-state index contributed by atoms with van der Waals surface area (Å²) in [5, 5.41) is 16.8. The van der Waals surface area contributed by atoms with E-state index in [4.69, 9.17) is 4.42 Å². The van der Waals surface area contributed by atoms with Crippen molar-refractivity contribution < 1.29 is 14.1 Å². The Morgan fingerprint density at radius 3 is 2.62 bits per heavy atom. The van der Waals surface area contributed by atoms with Crippen LogP contribution >= 0.6 is 0 Å². The van der Waals surface area contributed by atoms with Gasteiger partial charge in [0.2, 0.25) is 5.91 Å². The number of rotatable bonds is 7. The summed E-state index contributed by atoms with van der Waals surface area (Å²) in [7, 11) is 0. The molecule has 3 rings (SSSR count). The van der Waals surface area contributed by atoms with Crippen LogP contribution in [0.1, 0.15) is 5.76 Å². The van der Waals surface area contributed by atoms with Crippen LogP contribution in [0.5, 0.6) is 0 Å². The number of hydrogen-bond acceptors (Lipinski definition) is 6. The number of anilines is 1. The van der Waals surface area contributed by atoms with Gasteiger partial charge in [0.1, 0.15) is 11.6 Å². The number of benzene rings is 1. The van der Waals surface area contributed by atoms with Crippen LogP contribution in [-0.4, -0.2) is 22.4 Å². The van der Waals surface area contributed by atoms with Crippen molar-refractivity contribution in [2.24, 2.45) is 0 Å². The molecule has 0 radical (unpaired) electrons. The van der Waals surface area contributed by atoms with E-state index >= 15 is 0 Å². The molecule has 26 heavy (non-hydrogen) atoms.